The summed E-state index contributed by atoms with van der Waals surface area (Å²) in [5.41, 5.74) is 6.14. The molecule has 0 radical (unpaired) electrons. The number of rotatable bonds is 4. The molecule has 0 saturated carbocycles. The van der Waals surface area contributed by atoms with Crippen LogP contribution in [0.4, 0.5) is 11.5 Å². The molecule has 1 aromatic rings. The van der Waals surface area contributed by atoms with E-state index >= 15 is 0 Å². The molecule has 7 nitrogen and oxygen atoms in total. The third-order valence-corrected chi connectivity index (χ3v) is 4.76. The van der Waals surface area contributed by atoms with Crippen molar-refractivity contribution in [3.8, 4) is 5.88 Å². The number of methoxy groups -OCH3 is 1. The van der Waals surface area contributed by atoms with Crippen LogP contribution < -0.4 is 15.8 Å². The Balaban J connectivity index is 1.99. The Morgan fingerprint density at radius 1 is 1.56 bits per heavy atom. The Kier molecular flexibility index (Phi) is 3.55. The van der Waals surface area contributed by atoms with Gasteiger partial charge in [-0.2, -0.15) is 4.98 Å². The number of nitrogen functional groups attached to an aromatic ring is 1. The highest BCUT2D eigenvalue weighted by Crippen LogP contribution is 2.25. The quantitative estimate of drug-likeness (QED) is 0.789. The lowest BCUT2D eigenvalue weighted by molar-refractivity contribution is 0.399. The molecule has 1 aliphatic rings. The molecule has 1 atom stereocenters. The normalized spacial score (nSPS) is 21.7. The van der Waals surface area contributed by atoms with Crippen molar-refractivity contribution >= 4 is 21.3 Å². The van der Waals surface area contributed by atoms with E-state index < -0.39 is 9.84 Å². The zero-order valence-corrected chi connectivity index (χ0v) is 10.9. The molecular formula is C10H16N4O3S. The van der Waals surface area contributed by atoms with E-state index in [4.69, 9.17) is 10.5 Å². The summed E-state index contributed by atoms with van der Waals surface area (Å²) >= 11 is 0. The molecule has 3 N–H and O–H groups in total. The van der Waals surface area contributed by atoms with Gasteiger partial charge in [-0.3, -0.25) is 0 Å². The van der Waals surface area contributed by atoms with Gasteiger partial charge in [0.05, 0.1) is 18.6 Å². The first-order valence-corrected chi connectivity index (χ1v) is 7.43. The number of ether oxygens (including phenoxy) is 1. The van der Waals surface area contributed by atoms with Gasteiger partial charge in [-0.1, -0.05) is 0 Å². The van der Waals surface area contributed by atoms with E-state index in [1.807, 2.05) is 0 Å². The van der Waals surface area contributed by atoms with E-state index in [-0.39, 0.29) is 17.4 Å². The molecule has 1 fully saturated rings. The second-order valence-electron chi connectivity index (χ2n) is 4.30. The maximum atomic E-state index is 11.3. The highest BCUT2D eigenvalue weighted by molar-refractivity contribution is 7.91. The van der Waals surface area contributed by atoms with Crippen LogP contribution in [0.15, 0.2) is 6.33 Å². The molecule has 0 bridgehead atoms. The predicted molar refractivity (Wildman–Crippen MR) is 68.2 cm³/mol. The van der Waals surface area contributed by atoms with Gasteiger partial charge in [0.2, 0.25) is 5.88 Å². The summed E-state index contributed by atoms with van der Waals surface area (Å²) in [4.78, 5) is 7.87. The van der Waals surface area contributed by atoms with Crippen LogP contribution in [0.2, 0.25) is 0 Å². The zero-order chi connectivity index (χ0) is 13.2. The summed E-state index contributed by atoms with van der Waals surface area (Å²) < 4.78 is 27.6. The van der Waals surface area contributed by atoms with Crippen LogP contribution >= 0.6 is 0 Å². The standard InChI is InChI=1S/C10H16N4O3S/c1-17-10-8(11)9(13-6-14-10)12-4-7-2-3-18(15,16)5-7/h6-7H,2-5,11H2,1H3,(H,12,13,14). The topological polar surface area (TPSA) is 107 Å². The fourth-order valence-electron chi connectivity index (χ4n) is 1.96. The first kappa shape index (κ1) is 12.9. The van der Waals surface area contributed by atoms with E-state index in [2.05, 4.69) is 15.3 Å². The van der Waals surface area contributed by atoms with Gasteiger partial charge in [0.25, 0.3) is 0 Å². The van der Waals surface area contributed by atoms with Crippen LogP contribution in [0.3, 0.4) is 0 Å². The third kappa shape index (κ3) is 2.81. The van der Waals surface area contributed by atoms with E-state index in [9.17, 15) is 8.42 Å². The Hall–Kier alpha value is -1.57. The molecule has 18 heavy (non-hydrogen) atoms. The molecule has 0 amide bonds. The Morgan fingerprint density at radius 3 is 2.94 bits per heavy atom. The second kappa shape index (κ2) is 4.97. The van der Waals surface area contributed by atoms with Crippen molar-refractivity contribution in [2.45, 2.75) is 6.42 Å². The van der Waals surface area contributed by atoms with Gasteiger partial charge in [-0.15, -0.1) is 0 Å². The van der Waals surface area contributed by atoms with Gasteiger partial charge in [0.1, 0.15) is 12.0 Å². The summed E-state index contributed by atoms with van der Waals surface area (Å²) in [5, 5.41) is 3.05. The maximum Gasteiger partial charge on any atom is 0.242 e. The SMILES string of the molecule is COc1ncnc(NCC2CCS(=O)(=O)C2)c1N. The minimum Gasteiger partial charge on any atom is -0.479 e. The number of aromatic nitrogens is 2. The van der Waals surface area contributed by atoms with Crippen LogP contribution in [0.25, 0.3) is 0 Å². The van der Waals surface area contributed by atoms with Gasteiger partial charge in [-0.25, -0.2) is 13.4 Å². The molecule has 1 saturated heterocycles. The average molecular weight is 272 g/mol. The molecule has 100 valence electrons. The van der Waals surface area contributed by atoms with E-state index in [1.165, 1.54) is 13.4 Å². The van der Waals surface area contributed by atoms with E-state index in [1.54, 1.807) is 0 Å². The molecule has 2 rings (SSSR count). The van der Waals surface area contributed by atoms with Crippen molar-refractivity contribution in [2.75, 3.05) is 36.2 Å². The molecule has 0 spiro atoms. The smallest absolute Gasteiger partial charge is 0.242 e. The van der Waals surface area contributed by atoms with Gasteiger partial charge in [0, 0.05) is 6.54 Å². The molecule has 0 aromatic carbocycles. The summed E-state index contributed by atoms with van der Waals surface area (Å²) in [6.07, 6.45) is 2.03. The lowest BCUT2D eigenvalue weighted by atomic mass is 10.1. The van der Waals surface area contributed by atoms with Crippen molar-refractivity contribution < 1.29 is 13.2 Å². The Bertz CT molecular complexity index is 532. The maximum absolute atomic E-state index is 11.3. The van der Waals surface area contributed by atoms with Gasteiger partial charge in [0.15, 0.2) is 15.7 Å². The zero-order valence-electron chi connectivity index (χ0n) is 10.1. The minimum absolute atomic E-state index is 0.107. The summed E-state index contributed by atoms with van der Waals surface area (Å²) in [6.45, 7) is 0.531. The van der Waals surface area contributed by atoms with Crippen LogP contribution in [0.5, 0.6) is 5.88 Å². The number of hydrogen-bond acceptors (Lipinski definition) is 7. The van der Waals surface area contributed by atoms with Crippen molar-refractivity contribution in [3.63, 3.8) is 0 Å². The van der Waals surface area contributed by atoms with Gasteiger partial charge < -0.3 is 15.8 Å². The van der Waals surface area contributed by atoms with Crippen LogP contribution in [-0.4, -0.2) is 43.5 Å². The van der Waals surface area contributed by atoms with E-state index in [0.29, 0.717) is 30.4 Å². The van der Waals surface area contributed by atoms with Crippen LogP contribution in [0, 0.1) is 5.92 Å². The fourth-order valence-corrected chi connectivity index (χ4v) is 3.82. The lowest BCUT2D eigenvalue weighted by Gasteiger charge is -2.12. The molecule has 1 unspecified atom stereocenters. The molecule has 2 heterocycles. The number of nitrogens with one attached hydrogen (secondary N) is 1. The van der Waals surface area contributed by atoms with Crippen molar-refractivity contribution in [1.82, 2.24) is 9.97 Å². The molecular weight excluding hydrogens is 256 g/mol. The van der Waals surface area contributed by atoms with Crippen LogP contribution in [-0.2, 0) is 9.84 Å². The highest BCUT2D eigenvalue weighted by Gasteiger charge is 2.27. The second-order valence-corrected chi connectivity index (χ2v) is 6.52. The fraction of sp³-hybridized carbons (Fsp3) is 0.600. The van der Waals surface area contributed by atoms with E-state index in [0.717, 1.165) is 0 Å². The molecule has 1 aromatic heterocycles. The van der Waals surface area contributed by atoms with Gasteiger partial charge >= 0.3 is 0 Å². The number of hydrogen-bond donors (Lipinski definition) is 2. The van der Waals surface area contributed by atoms with Crippen molar-refractivity contribution in [1.29, 1.82) is 0 Å². The highest BCUT2D eigenvalue weighted by atomic mass is 32.2. The first-order valence-electron chi connectivity index (χ1n) is 5.60. The number of anilines is 2. The molecule has 0 aliphatic carbocycles. The number of nitrogens with two attached hydrogens (primary N) is 1. The lowest BCUT2D eigenvalue weighted by Crippen LogP contribution is -2.17. The minimum atomic E-state index is -2.85. The largest absolute Gasteiger partial charge is 0.479 e. The summed E-state index contributed by atoms with van der Waals surface area (Å²) in [5.74, 6) is 1.39. The molecule has 1 aliphatic heterocycles. The third-order valence-electron chi connectivity index (χ3n) is 2.93. The number of sulfone groups is 1. The van der Waals surface area contributed by atoms with Crippen molar-refractivity contribution in [2.24, 2.45) is 5.92 Å². The Labute approximate surface area is 106 Å². The summed E-state index contributed by atoms with van der Waals surface area (Å²) in [6, 6.07) is 0. The first-order chi connectivity index (χ1) is 8.52. The monoisotopic (exact) mass is 272 g/mol. The van der Waals surface area contributed by atoms with Crippen molar-refractivity contribution in [3.05, 3.63) is 6.33 Å². The summed E-state index contributed by atoms with van der Waals surface area (Å²) in [7, 11) is -1.37. The number of nitrogens with zero attached hydrogens (tertiary/aromatic N) is 2. The predicted octanol–water partition coefficient (Wildman–Crippen LogP) is -0.0860. The average Bonchev–Trinajstić information content (AvgIpc) is 2.68. The van der Waals surface area contributed by atoms with Gasteiger partial charge in [-0.05, 0) is 12.3 Å². The molecule has 8 heteroatoms. The Morgan fingerprint density at radius 2 is 2.33 bits per heavy atom. The van der Waals surface area contributed by atoms with Crippen LogP contribution in [0.1, 0.15) is 6.42 Å².